The second-order valence-corrected chi connectivity index (χ2v) is 8.67. The fourth-order valence-electron chi connectivity index (χ4n) is 3.44. The van der Waals surface area contributed by atoms with E-state index in [1.807, 2.05) is 0 Å². The number of carbonyl (C=O) groups excluding carboxylic acids is 2. The van der Waals surface area contributed by atoms with Crippen LogP contribution in [0.25, 0.3) is 0 Å². The van der Waals surface area contributed by atoms with E-state index < -0.39 is 42.9 Å². The van der Waals surface area contributed by atoms with E-state index in [1.165, 1.54) is 32.4 Å². The van der Waals surface area contributed by atoms with Crippen LogP contribution in [0.5, 0.6) is 0 Å². The van der Waals surface area contributed by atoms with Gasteiger partial charge in [-0.05, 0) is 31.7 Å². The first-order valence-electron chi connectivity index (χ1n) is 9.26. The Hall–Kier alpha value is -2.79. The van der Waals surface area contributed by atoms with E-state index in [1.54, 1.807) is 12.2 Å². The second-order valence-electron chi connectivity index (χ2n) is 6.76. The highest BCUT2D eigenvalue weighted by Crippen LogP contribution is 2.34. The highest BCUT2D eigenvalue weighted by Gasteiger charge is 2.47. The van der Waals surface area contributed by atoms with Gasteiger partial charge >= 0.3 is 11.9 Å². The summed E-state index contributed by atoms with van der Waals surface area (Å²) in [7, 11) is -1.83. The number of methoxy groups -OCH3 is 2. The Labute approximate surface area is 174 Å². The molecule has 0 fully saturated rings. The lowest BCUT2D eigenvalue weighted by Crippen LogP contribution is -2.42. The first kappa shape index (κ1) is 23.5. The Morgan fingerprint density at radius 2 is 1.73 bits per heavy atom. The molecule has 10 nitrogen and oxygen atoms in total. The Balaban J connectivity index is 2.38. The van der Waals surface area contributed by atoms with E-state index in [9.17, 15) is 28.1 Å². The number of hydrogen-bond donors (Lipinski definition) is 0. The summed E-state index contributed by atoms with van der Waals surface area (Å²) in [5, 5.41) is 11.3. The fourth-order valence-corrected chi connectivity index (χ4v) is 5.09. The maximum absolute atomic E-state index is 13.1. The maximum atomic E-state index is 13.1. The van der Waals surface area contributed by atoms with Gasteiger partial charge in [-0.2, -0.15) is 4.31 Å². The highest BCUT2D eigenvalue weighted by molar-refractivity contribution is 7.89. The van der Waals surface area contributed by atoms with Crippen LogP contribution in [0.15, 0.2) is 41.3 Å². The minimum Gasteiger partial charge on any atom is -0.468 e. The van der Waals surface area contributed by atoms with Crippen LogP contribution in [0.1, 0.15) is 25.7 Å². The van der Waals surface area contributed by atoms with Crippen molar-refractivity contribution in [1.82, 2.24) is 4.31 Å². The summed E-state index contributed by atoms with van der Waals surface area (Å²) in [5.41, 5.74) is -2.09. The van der Waals surface area contributed by atoms with E-state index in [4.69, 9.17) is 9.47 Å². The van der Waals surface area contributed by atoms with E-state index in [0.717, 1.165) is 10.4 Å². The zero-order valence-corrected chi connectivity index (χ0v) is 17.6. The Bertz CT molecular complexity index is 926. The molecule has 0 aliphatic carbocycles. The number of hydrogen-bond acceptors (Lipinski definition) is 8. The summed E-state index contributed by atoms with van der Waals surface area (Å²) in [5.74, 6) is -1.51. The Morgan fingerprint density at radius 3 is 2.33 bits per heavy atom. The number of allylic oxidation sites excluding steroid dienone is 1. The highest BCUT2D eigenvalue weighted by atomic mass is 32.2. The lowest BCUT2D eigenvalue weighted by Gasteiger charge is -2.29. The third-order valence-electron chi connectivity index (χ3n) is 5.02. The SMILES string of the molecule is COC(=O)C1(C(=O)OC)C/C=C/CCN(S(=O)(=O)c2ccccc2[N+](=O)[O-])CCC1. The van der Waals surface area contributed by atoms with Crippen LogP contribution in [0, 0.1) is 15.5 Å². The predicted molar refractivity (Wildman–Crippen MR) is 106 cm³/mol. The molecule has 0 spiro atoms. The van der Waals surface area contributed by atoms with Gasteiger partial charge in [-0.25, -0.2) is 8.42 Å². The van der Waals surface area contributed by atoms with Gasteiger partial charge in [0.15, 0.2) is 10.3 Å². The number of para-hydroxylation sites is 1. The van der Waals surface area contributed by atoms with Crippen LogP contribution >= 0.6 is 0 Å². The molecule has 0 atom stereocenters. The van der Waals surface area contributed by atoms with Gasteiger partial charge in [0.25, 0.3) is 5.69 Å². The standard InChI is InChI=1S/C19H24N2O8S/c1-28-17(22)19(18(23)29-2)11-6-3-7-13-20(14-8-12-19)30(26,27)16-10-5-4-9-15(16)21(24)25/h3-6,9-10H,7-8,11-14H2,1-2H3/b6-3+. The Kier molecular flexibility index (Phi) is 7.68. The number of ether oxygens (including phenoxy) is 2. The van der Waals surface area contributed by atoms with Crippen LogP contribution in [-0.4, -0.2) is 56.9 Å². The summed E-state index contributed by atoms with van der Waals surface area (Å²) < 4.78 is 37.0. The topological polar surface area (TPSA) is 133 Å². The molecule has 1 heterocycles. The van der Waals surface area contributed by atoms with Gasteiger partial charge in [0.05, 0.1) is 19.1 Å². The number of nitro benzene ring substituents is 1. The van der Waals surface area contributed by atoms with E-state index >= 15 is 0 Å². The summed E-state index contributed by atoms with van der Waals surface area (Å²) in [6, 6.07) is 5.13. The van der Waals surface area contributed by atoms with Crippen molar-refractivity contribution >= 4 is 27.6 Å². The van der Waals surface area contributed by atoms with Crippen molar-refractivity contribution < 1.29 is 32.4 Å². The number of nitrogens with zero attached hydrogens (tertiary/aromatic N) is 2. The van der Waals surface area contributed by atoms with Crippen LogP contribution < -0.4 is 0 Å². The van der Waals surface area contributed by atoms with Gasteiger partial charge in [0.1, 0.15) is 0 Å². The first-order chi connectivity index (χ1) is 14.2. The van der Waals surface area contributed by atoms with E-state index in [-0.39, 0.29) is 32.4 Å². The van der Waals surface area contributed by atoms with Crippen molar-refractivity contribution in [3.05, 3.63) is 46.5 Å². The lowest BCUT2D eigenvalue weighted by molar-refractivity contribution is -0.387. The molecule has 2 rings (SSSR count). The van der Waals surface area contributed by atoms with Gasteiger partial charge in [0, 0.05) is 19.2 Å². The molecule has 1 aliphatic heterocycles. The molecule has 0 aromatic heterocycles. The molecular formula is C19H24N2O8S. The fraction of sp³-hybridized carbons (Fsp3) is 0.474. The van der Waals surface area contributed by atoms with Crippen LogP contribution in [0.4, 0.5) is 5.69 Å². The number of esters is 2. The monoisotopic (exact) mass is 440 g/mol. The summed E-state index contributed by atoms with van der Waals surface area (Å²) in [6.45, 7) is 0.0757. The zero-order chi connectivity index (χ0) is 22.4. The molecule has 1 aromatic rings. The number of sulfonamides is 1. The average Bonchev–Trinajstić information content (AvgIpc) is 2.75. The van der Waals surface area contributed by atoms with E-state index in [0.29, 0.717) is 6.42 Å². The average molecular weight is 440 g/mol. The second kappa shape index (κ2) is 9.81. The van der Waals surface area contributed by atoms with Gasteiger partial charge in [-0.1, -0.05) is 24.3 Å². The van der Waals surface area contributed by atoms with Gasteiger partial charge in [0.2, 0.25) is 10.0 Å². The van der Waals surface area contributed by atoms with Crippen molar-refractivity contribution in [3.8, 4) is 0 Å². The molecule has 0 N–H and O–H groups in total. The van der Waals surface area contributed by atoms with Crippen LogP contribution in [-0.2, 0) is 29.1 Å². The lowest BCUT2D eigenvalue weighted by atomic mass is 9.79. The molecule has 164 valence electrons. The van der Waals surface area contributed by atoms with Gasteiger partial charge in [-0.15, -0.1) is 0 Å². The van der Waals surface area contributed by atoms with Crippen molar-refractivity contribution in [3.63, 3.8) is 0 Å². The molecule has 30 heavy (non-hydrogen) atoms. The van der Waals surface area contributed by atoms with Crippen molar-refractivity contribution in [1.29, 1.82) is 0 Å². The smallest absolute Gasteiger partial charge is 0.323 e. The van der Waals surface area contributed by atoms with Crippen molar-refractivity contribution in [2.24, 2.45) is 5.41 Å². The quantitative estimate of drug-likeness (QED) is 0.223. The summed E-state index contributed by atoms with van der Waals surface area (Å²) in [4.78, 5) is 35.0. The molecule has 1 aromatic carbocycles. The molecule has 0 radical (unpaired) electrons. The third-order valence-corrected chi connectivity index (χ3v) is 6.97. The number of nitro groups is 1. The maximum Gasteiger partial charge on any atom is 0.323 e. The molecule has 0 saturated carbocycles. The molecule has 0 unspecified atom stereocenters. The van der Waals surface area contributed by atoms with Gasteiger partial charge < -0.3 is 9.47 Å². The Morgan fingerprint density at radius 1 is 1.10 bits per heavy atom. The molecule has 0 saturated heterocycles. The largest absolute Gasteiger partial charge is 0.468 e. The zero-order valence-electron chi connectivity index (χ0n) is 16.8. The van der Waals surface area contributed by atoms with Crippen LogP contribution in [0.2, 0.25) is 0 Å². The number of benzene rings is 1. The molecule has 0 bridgehead atoms. The van der Waals surface area contributed by atoms with Crippen LogP contribution in [0.3, 0.4) is 0 Å². The van der Waals surface area contributed by atoms with Crippen molar-refractivity contribution in [2.45, 2.75) is 30.6 Å². The number of carbonyl (C=O) groups is 2. The minimum atomic E-state index is -4.17. The normalized spacial score (nSPS) is 18.7. The molecule has 1 aliphatic rings. The number of rotatable bonds is 5. The first-order valence-corrected chi connectivity index (χ1v) is 10.7. The summed E-state index contributed by atoms with van der Waals surface area (Å²) >= 11 is 0. The molecule has 11 heteroatoms. The third kappa shape index (κ3) is 4.68. The molecule has 0 amide bonds. The van der Waals surface area contributed by atoms with Crippen molar-refractivity contribution in [2.75, 3.05) is 27.3 Å². The molecular weight excluding hydrogens is 416 g/mol. The van der Waals surface area contributed by atoms with E-state index in [2.05, 4.69) is 0 Å². The van der Waals surface area contributed by atoms with Gasteiger partial charge in [-0.3, -0.25) is 19.7 Å². The predicted octanol–water partition coefficient (Wildman–Crippen LogP) is 2.05. The summed E-state index contributed by atoms with van der Waals surface area (Å²) in [6.07, 6.45) is 3.81. The minimum absolute atomic E-state index is 0.000407.